The van der Waals surface area contributed by atoms with E-state index in [0.29, 0.717) is 35.6 Å². The Labute approximate surface area is 191 Å². The molecular formula is C21H29FN4O4S2. The average molecular weight is 485 g/mol. The van der Waals surface area contributed by atoms with Gasteiger partial charge in [-0.05, 0) is 50.7 Å². The van der Waals surface area contributed by atoms with E-state index in [9.17, 15) is 22.7 Å². The van der Waals surface area contributed by atoms with Crippen molar-refractivity contribution in [3.8, 4) is 0 Å². The van der Waals surface area contributed by atoms with Gasteiger partial charge in [0.1, 0.15) is 17.0 Å². The molecule has 1 aliphatic carbocycles. The molecule has 176 valence electrons. The van der Waals surface area contributed by atoms with Gasteiger partial charge in [0.15, 0.2) is 0 Å². The minimum absolute atomic E-state index is 0.0773. The molecule has 3 N–H and O–H groups in total. The maximum Gasteiger partial charge on any atom is 0.261 e. The second-order valence-electron chi connectivity index (χ2n) is 8.71. The van der Waals surface area contributed by atoms with Crippen LogP contribution in [-0.4, -0.2) is 64.5 Å². The first-order valence-corrected chi connectivity index (χ1v) is 13.8. The first kappa shape index (κ1) is 23.5. The maximum atomic E-state index is 14.7. The molecule has 1 saturated carbocycles. The molecule has 2 fully saturated rings. The minimum Gasteiger partial charge on any atom is -0.393 e. The predicted molar refractivity (Wildman–Crippen MR) is 125 cm³/mol. The zero-order chi connectivity index (χ0) is 22.9. The lowest BCUT2D eigenvalue weighted by atomic mass is 9.97. The summed E-state index contributed by atoms with van der Waals surface area (Å²) in [7, 11) is -3.28. The number of anilines is 1. The van der Waals surface area contributed by atoms with E-state index in [1.807, 2.05) is 0 Å². The van der Waals surface area contributed by atoms with Gasteiger partial charge in [-0.25, -0.2) is 22.1 Å². The molecule has 0 amide bonds. The summed E-state index contributed by atoms with van der Waals surface area (Å²) >= 11 is 1.69. The van der Waals surface area contributed by atoms with E-state index in [4.69, 9.17) is 0 Å². The summed E-state index contributed by atoms with van der Waals surface area (Å²) in [5.41, 5.74) is 0.254. The second kappa shape index (κ2) is 9.66. The molecule has 2 aliphatic rings. The van der Waals surface area contributed by atoms with Crippen LogP contribution in [0, 0.1) is 5.82 Å². The third-order valence-electron chi connectivity index (χ3n) is 6.13. The van der Waals surface area contributed by atoms with Crippen LogP contribution in [0.1, 0.15) is 44.3 Å². The van der Waals surface area contributed by atoms with Crippen molar-refractivity contribution in [1.82, 2.24) is 14.3 Å². The molecule has 0 unspecified atom stereocenters. The van der Waals surface area contributed by atoms with Crippen molar-refractivity contribution in [3.05, 3.63) is 34.1 Å². The lowest BCUT2D eigenvalue weighted by Gasteiger charge is -2.32. The predicted octanol–water partition coefficient (Wildman–Crippen LogP) is 2.43. The van der Waals surface area contributed by atoms with Crippen molar-refractivity contribution in [1.29, 1.82) is 0 Å². The van der Waals surface area contributed by atoms with E-state index in [0.717, 1.165) is 38.5 Å². The van der Waals surface area contributed by atoms with E-state index in [1.165, 1.54) is 16.6 Å². The fourth-order valence-electron chi connectivity index (χ4n) is 4.43. The van der Waals surface area contributed by atoms with E-state index in [-0.39, 0.29) is 23.0 Å². The van der Waals surface area contributed by atoms with Gasteiger partial charge in [0, 0.05) is 30.1 Å². The Morgan fingerprint density at radius 3 is 2.75 bits per heavy atom. The van der Waals surface area contributed by atoms with Crippen LogP contribution in [0.4, 0.5) is 10.1 Å². The molecule has 2 heterocycles. The first-order valence-electron chi connectivity index (χ1n) is 10.9. The number of H-pyrrole nitrogens is 1. The number of sulfonamides is 1. The Bertz CT molecular complexity index is 1130. The monoisotopic (exact) mass is 484 g/mol. The van der Waals surface area contributed by atoms with Crippen molar-refractivity contribution in [2.45, 2.75) is 61.7 Å². The van der Waals surface area contributed by atoms with Crippen LogP contribution in [0.5, 0.6) is 0 Å². The van der Waals surface area contributed by atoms with Gasteiger partial charge in [0.05, 0.1) is 23.6 Å². The lowest BCUT2D eigenvalue weighted by Crippen LogP contribution is -2.44. The van der Waals surface area contributed by atoms with Crippen LogP contribution in [0.15, 0.2) is 16.9 Å². The zero-order valence-corrected chi connectivity index (χ0v) is 19.6. The largest absolute Gasteiger partial charge is 0.393 e. The summed E-state index contributed by atoms with van der Waals surface area (Å²) in [6, 6.07) is 2.77. The number of aliphatic hydroxyl groups excluding tert-OH is 1. The van der Waals surface area contributed by atoms with Gasteiger partial charge in [-0.3, -0.25) is 4.79 Å². The number of fused-ring (bicyclic) bond motifs is 1. The fraction of sp³-hybridized carbons (Fsp3) is 0.619. The van der Waals surface area contributed by atoms with Gasteiger partial charge in [-0.15, -0.1) is 0 Å². The summed E-state index contributed by atoms with van der Waals surface area (Å²) in [6.45, 7) is 0.806. The summed E-state index contributed by atoms with van der Waals surface area (Å²) < 4.78 is 39.9. The van der Waals surface area contributed by atoms with Crippen molar-refractivity contribution >= 4 is 38.4 Å². The number of nitrogens with one attached hydrogen (secondary N) is 2. The maximum absolute atomic E-state index is 14.7. The van der Waals surface area contributed by atoms with Gasteiger partial charge in [0.2, 0.25) is 10.0 Å². The average Bonchev–Trinajstić information content (AvgIpc) is 2.72. The van der Waals surface area contributed by atoms with Crippen LogP contribution in [0.25, 0.3) is 10.9 Å². The number of rotatable bonds is 6. The standard InChI is InChI=1S/C21H29FN4O4S2/c1-32(29,30)26-8-2-3-13(11-26)23-14-9-17(22)20-18(10-14)24-19(25-21(20)28)12-31-16-6-4-15(27)5-7-16/h9-10,13,15-16,23,27H,2-8,11-12H2,1H3,(H,24,25,28)/t13-,15?,16?/m1/s1. The van der Waals surface area contributed by atoms with Crippen molar-refractivity contribution in [2.24, 2.45) is 0 Å². The normalized spacial score (nSPS) is 25.2. The van der Waals surface area contributed by atoms with Crippen LogP contribution < -0.4 is 10.9 Å². The molecule has 0 spiro atoms. The minimum atomic E-state index is -3.28. The quantitative estimate of drug-likeness (QED) is 0.577. The number of hydrogen-bond donors (Lipinski definition) is 3. The Morgan fingerprint density at radius 2 is 2.03 bits per heavy atom. The number of hydrogen-bond acceptors (Lipinski definition) is 7. The molecule has 2 aromatic rings. The first-order chi connectivity index (χ1) is 15.2. The van der Waals surface area contributed by atoms with Gasteiger partial charge in [-0.2, -0.15) is 11.8 Å². The van der Waals surface area contributed by atoms with E-state index >= 15 is 0 Å². The molecule has 1 atom stereocenters. The van der Waals surface area contributed by atoms with Crippen molar-refractivity contribution < 1.29 is 17.9 Å². The summed E-state index contributed by atoms with van der Waals surface area (Å²) in [5, 5.41) is 13.2. The molecule has 1 aromatic carbocycles. The topological polar surface area (TPSA) is 115 Å². The molecule has 11 heteroatoms. The highest BCUT2D eigenvalue weighted by Gasteiger charge is 2.26. The molecule has 32 heavy (non-hydrogen) atoms. The Hall–Kier alpha value is -1.69. The van der Waals surface area contributed by atoms with Gasteiger partial charge in [0.25, 0.3) is 5.56 Å². The molecular weight excluding hydrogens is 455 g/mol. The highest BCUT2D eigenvalue weighted by Crippen LogP contribution is 2.30. The van der Waals surface area contributed by atoms with Crippen molar-refractivity contribution in [3.63, 3.8) is 0 Å². The number of aliphatic hydroxyl groups is 1. The van der Waals surface area contributed by atoms with Crippen LogP contribution >= 0.6 is 11.8 Å². The smallest absolute Gasteiger partial charge is 0.261 e. The summed E-state index contributed by atoms with van der Waals surface area (Å²) in [4.78, 5) is 19.7. The third-order valence-corrected chi connectivity index (χ3v) is 8.79. The van der Waals surface area contributed by atoms with Crippen LogP contribution in [0.2, 0.25) is 0 Å². The molecule has 0 radical (unpaired) electrons. The summed E-state index contributed by atoms with van der Waals surface area (Å²) in [5.74, 6) is 0.350. The number of piperidine rings is 1. The molecule has 8 nitrogen and oxygen atoms in total. The number of aromatic amines is 1. The molecule has 1 aromatic heterocycles. The van der Waals surface area contributed by atoms with Gasteiger partial charge >= 0.3 is 0 Å². The Kier molecular flexibility index (Phi) is 7.09. The van der Waals surface area contributed by atoms with E-state index in [1.54, 1.807) is 17.8 Å². The van der Waals surface area contributed by atoms with Gasteiger partial charge < -0.3 is 15.4 Å². The van der Waals surface area contributed by atoms with Crippen molar-refractivity contribution in [2.75, 3.05) is 24.7 Å². The fourth-order valence-corrected chi connectivity index (χ4v) is 6.48. The second-order valence-corrected chi connectivity index (χ2v) is 12.0. The third kappa shape index (κ3) is 5.62. The number of aromatic nitrogens is 2. The summed E-state index contributed by atoms with van der Waals surface area (Å²) in [6.07, 6.45) is 5.90. The lowest BCUT2D eigenvalue weighted by molar-refractivity contribution is 0.132. The number of halogens is 1. The molecule has 1 aliphatic heterocycles. The SMILES string of the molecule is CS(=O)(=O)N1CCC[C@@H](Nc2cc(F)c3c(=O)[nH]c(CSC4CCC(O)CC4)nc3c2)C1. The molecule has 1 saturated heterocycles. The number of nitrogens with zero attached hydrogens (tertiary/aromatic N) is 2. The number of thioether (sulfide) groups is 1. The highest BCUT2D eigenvalue weighted by molar-refractivity contribution is 7.99. The number of benzene rings is 1. The van der Waals surface area contributed by atoms with E-state index in [2.05, 4.69) is 15.3 Å². The zero-order valence-electron chi connectivity index (χ0n) is 18.0. The highest BCUT2D eigenvalue weighted by atomic mass is 32.2. The molecule has 0 bridgehead atoms. The Balaban J connectivity index is 1.50. The van der Waals surface area contributed by atoms with E-state index < -0.39 is 21.4 Å². The molecule has 4 rings (SSSR count). The van der Waals surface area contributed by atoms with Crippen LogP contribution in [-0.2, 0) is 15.8 Å². The van der Waals surface area contributed by atoms with Gasteiger partial charge in [-0.1, -0.05) is 0 Å². The Morgan fingerprint density at radius 1 is 1.28 bits per heavy atom. The van der Waals surface area contributed by atoms with Crippen LogP contribution in [0.3, 0.4) is 0 Å².